The maximum atomic E-state index is 12.1. The second kappa shape index (κ2) is 19.2. The van der Waals surface area contributed by atoms with Gasteiger partial charge in [-0.15, -0.1) is 0 Å². The van der Waals surface area contributed by atoms with Crippen molar-refractivity contribution in [1.82, 2.24) is 15.0 Å². The zero-order valence-electron chi connectivity index (χ0n) is 29.9. The molecule has 6 aromatic rings. The fraction of sp³-hybridized carbons (Fsp3) is 0.275. The first-order chi connectivity index (χ1) is 25.5. The fourth-order valence-corrected chi connectivity index (χ4v) is 6.62. The molecule has 0 saturated carbocycles. The predicted octanol–water partition coefficient (Wildman–Crippen LogP) is 9.63. The van der Waals surface area contributed by atoms with Gasteiger partial charge in [-0.1, -0.05) is 47.8 Å². The van der Waals surface area contributed by atoms with Crippen LogP contribution in [0.5, 0.6) is 0 Å². The van der Waals surface area contributed by atoms with E-state index in [2.05, 4.69) is 62.7 Å². The van der Waals surface area contributed by atoms with Gasteiger partial charge >= 0.3 is 17.9 Å². The van der Waals surface area contributed by atoms with Gasteiger partial charge in [-0.05, 0) is 92.1 Å². The number of carbonyl (C=O) groups excluding carboxylic acids is 3. The third-order valence-corrected chi connectivity index (χ3v) is 9.43. The molecule has 0 spiro atoms. The van der Waals surface area contributed by atoms with Gasteiger partial charge in [-0.25, -0.2) is 0 Å². The number of rotatable bonds is 12. The number of nitrogens with one attached hydrogen (secondary N) is 3. The Morgan fingerprint density at radius 3 is 1.28 bits per heavy atom. The van der Waals surface area contributed by atoms with E-state index in [1.54, 1.807) is 12.4 Å². The minimum absolute atomic E-state index is 0.0340. The Hall–Kier alpha value is -4.53. The van der Waals surface area contributed by atoms with Crippen LogP contribution in [0, 0.1) is 0 Å². The summed E-state index contributed by atoms with van der Waals surface area (Å²) in [5, 5.41) is 20.2. The molecular weight excluding hydrogens is 890 g/mol. The molecule has 6 rings (SSSR count). The smallest absolute Gasteiger partial charge is 0.307 e. The second-order valence-electron chi connectivity index (χ2n) is 13.5. The summed E-state index contributed by atoms with van der Waals surface area (Å²) in [4.78, 5) is 65.6. The lowest BCUT2D eigenvalue weighted by atomic mass is 10.0. The van der Waals surface area contributed by atoms with Crippen molar-refractivity contribution < 1.29 is 38.9 Å². The average Bonchev–Trinajstić information content (AvgIpc) is 3.79. The quantitative estimate of drug-likeness (QED) is 0.0752. The number of carbonyl (C=O) groups is 5. The number of halogens is 3. The number of H-pyrrole nitrogens is 3. The summed E-state index contributed by atoms with van der Waals surface area (Å²) < 4.78 is 8.09. The lowest BCUT2D eigenvalue weighted by Gasteiger charge is -2.19. The first-order valence-electron chi connectivity index (χ1n) is 16.9. The Balaban J connectivity index is 0.000000185. The van der Waals surface area contributed by atoms with Crippen LogP contribution in [0.3, 0.4) is 0 Å². The number of ketones is 2. The first-order valence-corrected chi connectivity index (χ1v) is 19.3. The molecule has 3 heterocycles. The molecule has 0 atom stereocenters. The number of Topliss-reactive ketones (excluding diaryl/α,β-unsaturated/α-hetero) is 2. The zero-order valence-corrected chi connectivity index (χ0v) is 34.6. The van der Waals surface area contributed by atoms with Crippen LogP contribution >= 0.6 is 47.8 Å². The molecule has 14 heteroatoms. The van der Waals surface area contributed by atoms with Gasteiger partial charge in [0.15, 0.2) is 0 Å². The standard InChI is InChI=1S/C17H20BrNO3.C13H12BrNO3.C10H8BrNO2/c1-17(2,3)22-16(21)7-5-13(20)8-11-10-19-15-6-4-12(18)9-14(11)15;14-9-1-3-12-11(6-9)8(7-15-12)5-10(16)2-4-13(17)18;11-7-1-2-9-8(4-7)6(5-12-9)3-10(13)14/h4,6,9-10,19H,5,7-8H2,1-3H3;1,3,6-7,15H,2,4-5H2,(H,17,18);1-2,4-5,12H,3H2,(H,13,14). The van der Waals surface area contributed by atoms with E-state index in [1.807, 2.05) is 81.6 Å². The van der Waals surface area contributed by atoms with E-state index in [0.717, 1.165) is 62.8 Å². The number of hydrogen-bond donors (Lipinski definition) is 5. The molecule has 0 saturated heterocycles. The summed E-state index contributed by atoms with van der Waals surface area (Å²) >= 11 is 10.2. The average molecular weight is 930 g/mol. The number of hydrogen-bond acceptors (Lipinski definition) is 6. The SMILES string of the molecule is CC(C)(C)OC(=O)CCC(=O)Cc1c[nH]c2ccc(Br)cc12.O=C(O)CCC(=O)Cc1c[nH]c2ccc(Br)cc12.O=C(O)Cc1c[nH]c2ccc(Br)cc12. The number of aromatic amines is 3. The molecule has 3 aromatic carbocycles. The van der Waals surface area contributed by atoms with Gasteiger partial charge in [-0.2, -0.15) is 0 Å². The largest absolute Gasteiger partial charge is 0.481 e. The lowest BCUT2D eigenvalue weighted by Crippen LogP contribution is -2.24. The summed E-state index contributed by atoms with van der Waals surface area (Å²) in [6, 6.07) is 17.5. The zero-order chi connectivity index (χ0) is 39.6. The summed E-state index contributed by atoms with van der Waals surface area (Å²) in [5.74, 6) is -2.11. The molecule has 3 aromatic heterocycles. The number of aromatic nitrogens is 3. The molecule has 0 bridgehead atoms. The molecule has 284 valence electrons. The van der Waals surface area contributed by atoms with Crippen LogP contribution in [0.25, 0.3) is 32.7 Å². The second-order valence-corrected chi connectivity index (χ2v) is 16.2. The number of ether oxygens (including phenoxy) is 1. The van der Waals surface area contributed by atoms with E-state index in [9.17, 15) is 24.0 Å². The molecule has 0 unspecified atom stereocenters. The van der Waals surface area contributed by atoms with Crippen LogP contribution in [0.15, 0.2) is 86.6 Å². The molecule has 0 amide bonds. The number of aliphatic carboxylic acids is 2. The van der Waals surface area contributed by atoms with Crippen LogP contribution < -0.4 is 0 Å². The monoisotopic (exact) mass is 927 g/mol. The molecule has 0 aliphatic heterocycles. The number of carboxylic acids is 2. The van der Waals surface area contributed by atoms with Gasteiger partial charge in [0.05, 0.1) is 19.3 Å². The lowest BCUT2D eigenvalue weighted by molar-refractivity contribution is -0.155. The fourth-order valence-electron chi connectivity index (χ4n) is 5.54. The number of benzene rings is 3. The highest BCUT2D eigenvalue weighted by Crippen LogP contribution is 2.26. The van der Waals surface area contributed by atoms with Crippen molar-refractivity contribution in [1.29, 1.82) is 0 Å². The van der Waals surface area contributed by atoms with Crippen LogP contribution in [-0.4, -0.2) is 60.2 Å². The number of esters is 1. The number of fused-ring (bicyclic) bond motifs is 3. The Labute approximate surface area is 336 Å². The minimum atomic E-state index is -0.940. The highest BCUT2D eigenvalue weighted by molar-refractivity contribution is 9.11. The highest BCUT2D eigenvalue weighted by atomic mass is 79.9. The van der Waals surface area contributed by atoms with Gasteiger partial charge in [0.25, 0.3) is 0 Å². The summed E-state index contributed by atoms with van der Waals surface area (Å²) in [6.07, 6.45) is 6.33. The van der Waals surface area contributed by atoms with Crippen molar-refractivity contribution in [3.05, 3.63) is 103 Å². The third kappa shape index (κ3) is 13.1. The normalized spacial score (nSPS) is 11.1. The van der Waals surface area contributed by atoms with Crippen molar-refractivity contribution in [2.75, 3.05) is 0 Å². The molecule has 54 heavy (non-hydrogen) atoms. The van der Waals surface area contributed by atoms with Crippen molar-refractivity contribution in [3.8, 4) is 0 Å². The van der Waals surface area contributed by atoms with Gasteiger partial charge in [0.2, 0.25) is 0 Å². The minimum Gasteiger partial charge on any atom is -0.481 e. The Kier molecular flexibility index (Phi) is 15.0. The first kappa shape index (κ1) is 42.2. The van der Waals surface area contributed by atoms with E-state index in [0.29, 0.717) is 6.42 Å². The van der Waals surface area contributed by atoms with E-state index in [-0.39, 0.29) is 56.1 Å². The maximum absolute atomic E-state index is 12.1. The molecule has 0 radical (unpaired) electrons. The maximum Gasteiger partial charge on any atom is 0.307 e. The van der Waals surface area contributed by atoms with E-state index in [1.165, 1.54) is 0 Å². The Bertz CT molecular complexity index is 2300. The van der Waals surface area contributed by atoms with Crippen molar-refractivity contribution in [2.24, 2.45) is 0 Å². The van der Waals surface area contributed by atoms with Crippen molar-refractivity contribution in [2.45, 2.75) is 71.3 Å². The van der Waals surface area contributed by atoms with Crippen LogP contribution in [0.1, 0.15) is 63.1 Å². The molecule has 0 fully saturated rings. The Morgan fingerprint density at radius 1 is 0.556 bits per heavy atom. The van der Waals surface area contributed by atoms with E-state index < -0.39 is 17.5 Å². The summed E-state index contributed by atoms with van der Waals surface area (Å²) in [5.41, 5.74) is 5.09. The molecule has 11 nitrogen and oxygen atoms in total. The summed E-state index contributed by atoms with van der Waals surface area (Å²) in [7, 11) is 0. The van der Waals surface area contributed by atoms with Crippen LogP contribution in [0.2, 0.25) is 0 Å². The number of carboxylic acid groups (broad SMARTS) is 2. The van der Waals surface area contributed by atoms with E-state index >= 15 is 0 Å². The van der Waals surface area contributed by atoms with Gasteiger partial charge in [-0.3, -0.25) is 24.0 Å². The topological polar surface area (TPSA) is 182 Å². The molecule has 0 aliphatic rings. The van der Waals surface area contributed by atoms with Gasteiger partial charge in [0, 0.05) is 90.4 Å². The van der Waals surface area contributed by atoms with Crippen LogP contribution in [-0.2, 0) is 48.0 Å². The van der Waals surface area contributed by atoms with Crippen LogP contribution in [0.4, 0.5) is 0 Å². The van der Waals surface area contributed by atoms with Crippen molar-refractivity contribution >= 4 is 110 Å². The molecular formula is C40H40Br3N3O8. The van der Waals surface area contributed by atoms with E-state index in [4.69, 9.17) is 14.9 Å². The van der Waals surface area contributed by atoms with Crippen molar-refractivity contribution in [3.63, 3.8) is 0 Å². The summed E-state index contributed by atoms with van der Waals surface area (Å²) in [6.45, 7) is 5.45. The third-order valence-electron chi connectivity index (χ3n) is 7.95. The molecule has 0 aliphatic carbocycles. The predicted molar refractivity (Wildman–Crippen MR) is 219 cm³/mol. The molecule has 5 N–H and O–H groups in total. The van der Waals surface area contributed by atoms with Gasteiger partial charge < -0.3 is 29.9 Å². The Morgan fingerprint density at radius 2 is 0.926 bits per heavy atom. The van der Waals surface area contributed by atoms with Gasteiger partial charge in [0.1, 0.15) is 17.2 Å². The highest BCUT2D eigenvalue weighted by Gasteiger charge is 2.18.